The van der Waals surface area contributed by atoms with E-state index in [0.29, 0.717) is 18.7 Å². The van der Waals surface area contributed by atoms with E-state index < -0.39 is 0 Å². The first-order valence-corrected chi connectivity index (χ1v) is 10.2. The molecule has 1 saturated heterocycles. The maximum Gasteiger partial charge on any atom is 0.321 e. The van der Waals surface area contributed by atoms with Crippen molar-refractivity contribution in [1.82, 2.24) is 10.6 Å². The van der Waals surface area contributed by atoms with Crippen molar-refractivity contribution < 1.29 is 9.59 Å². The minimum absolute atomic E-state index is 0.0689. The van der Waals surface area contributed by atoms with E-state index in [0.717, 1.165) is 11.3 Å². The summed E-state index contributed by atoms with van der Waals surface area (Å²) in [5.74, 6) is 0.146. The zero-order valence-electron chi connectivity index (χ0n) is 18.0. The molecule has 1 atom stereocenters. The highest BCUT2D eigenvalue weighted by Crippen LogP contribution is 2.27. The van der Waals surface area contributed by atoms with Crippen molar-refractivity contribution in [3.8, 4) is 0 Å². The van der Waals surface area contributed by atoms with Crippen LogP contribution in [0.5, 0.6) is 0 Å². The van der Waals surface area contributed by atoms with E-state index >= 15 is 0 Å². The van der Waals surface area contributed by atoms with Crippen LogP contribution in [0.15, 0.2) is 48.5 Å². The third-order valence-electron chi connectivity index (χ3n) is 5.39. The highest BCUT2D eigenvalue weighted by molar-refractivity contribution is 5.97. The van der Waals surface area contributed by atoms with E-state index in [9.17, 15) is 9.59 Å². The minimum atomic E-state index is -0.110. The van der Waals surface area contributed by atoms with Crippen LogP contribution in [0.1, 0.15) is 62.1 Å². The lowest BCUT2D eigenvalue weighted by molar-refractivity contribution is 0.0925. The molecule has 5 heteroatoms. The molecule has 1 unspecified atom stereocenters. The molecule has 154 valence electrons. The second kappa shape index (κ2) is 8.27. The minimum Gasteiger partial charge on any atom is -0.345 e. The van der Waals surface area contributed by atoms with E-state index in [1.807, 2.05) is 12.1 Å². The Balaban J connectivity index is 1.73. The molecule has 2 aromatic rings. The molecule has 0 spiro atoms. The van der Waals surface area contributed by atoms with Crippen molar-refractivity contribution >= 4 is 17.6 Å². The molecule has 0 bridgehead atoms. The number of hydrogen-bond donors (Lipinski definition) is 2. The summed E-state index contributed by atoms with van der Waals surface area (Å²) in [7, 11) is 0. The molecule has 1 fully saturated rings. The quantitative estimate of drug-likeness (QED) is 0.777. The summed E-state index contributed by atoms with van der Waals surface area (Å²) in [6.07, 6.45) is 0. The average molecular weight is 394 g/mol. The topological polar surface area (TPSA) is 61.4 Å². The molecule has 3 rings (SSSR count). The molecule has 2 N–H and O–H groups in total. The van der Waals surface area contributed by atoms with Gasteiger partial charge in [0.25, 0.3) is 5.91 Å². The van der Waals surface area contributed by atoms with Gasteiger partial charge < -0.3 is 10.6 Å². The highest BCUT2D eigenvalue weighted by atomic mass is 16.2. The van der Waals surface area contributed by atoms with Gasteiger partial charge in [-0.3, -0.25) is 9.69 Å². The molecule has 29 heavy (non-hydrogen) atoms. The van der Waals surface area contributed by atoms with Crippen LogP contribution in [0.3, 0.4) is 0 Å². The van der Waals surface area contributed by atoms with E-state index in [4.69, 9.17) is 0 Å². The molecule has 0 aliphatic carbocycles. The lowest BCUT2D eigenvalue weighted by Gasteiger charge is -2.25. The average Bonchev–Trinajstić information content (AvgIpc) is 3.11. The van der Waals surface area contributed by atoms with Crippen LogP contribution in [0.4, 0.5) is 10.5 Å². The van der Waals surface area contributed by atoms with Crippen molar-refractivity contribution in [1.29, 1.82) is 0 Å². The summed E-state index contributed by atoms with van der Waals surface area (Å²) in [4.78, 5) is 26.3. The highest BCUT2D eigenvalue weighted by Gasteiger charge is 2.23. The Bertz CT molecular complexity index is 864. The maximum atomic E-state index is 12.9. The Morgan fingerprint density at radius 2 is 1.66 bits per heavy atom. The number of carbonyl (C=O) groups excluding carboxylic acids is 2. The third-order valence-corrected chi connectivity index (χ3v) is 5.39. The molecule has 0 saturated carbocycles. The standard InChI is InChI=1S/C24H31N3O2/c1-16(2)21(17-6-10-19(11-7-17)24(3,4)5)26-22(28)18-8-12-20(13-9-18)27-15-14-25-23(27)29/h6-13,16,21H,14-15H2,1-5H3,(H,25,29)(H,26,28). The van der Waals surface area contributed by atoms with Crippen molar-refractivity contribution in [2.75, 3.05) is 18.0 Å². The number of urea groups is 1. The summed E-state index contributed by atoms with van der Waals surface area (Å²) in [5.41, 5.74) is 3.87. The first kappa shape index (κ1) is 20.9. The number of nitrogens with zero attached hydrogens (tertiary/aromatic N) is 1. The number of nitrogens with one attached hydrogen (secondary N) is 2. The van der Waals surface area contributed by atoms with E-state index in [-0.39, 0.29) is 29.3 Å². The molecule has 1 aliphatic rings. The fraction of sp³-hybridized carbons (Fsp3) is 0.417. The van der Waals surface area contributed by atoms with Crippen LogP contribution in [-0.4, -0.2) is 25.0 Å². The van der Waals surface area contributed by atoms with Crippen LogP contribution in [-0.2, 0) is 5.41 Å². The molecule has 5 nitrogen and oxygen atoms in total. The van der Waals surface area contributed by atoms with Gasteiger partial charge >= 0.3 is 6.03 Å². The summed E-state index contributed by atoms with van der Waals surface area (Å²) in [5, 5.41) is 5.96. The van der Waals surface area contributed by atoms with Gasteiger partial charge in [-0.2, -0.15) is 0 Å². The summed E-state index contributed by atoms with van der Waals surface area (Å²) >= 11 is 0. The number of anilines is 1. The predicted molar refractivity (Wildman–Crippen MR) is 117 cm³/mol. The molecular formula is C24H31N3O2. The third kappa shape index (κ3) is 4.78. The number of hydrogen-bond acceptors (Lipinski definition) is 2. The Kier molecular flexibility index (Phi) is 5.96. The molecule has 2 aromatic carbocycles. The summed E-state index contributed by atoms with van der Waals surface area (Å²) in [6, 6.07) is 15.5. The van der Waals surface area contributed by atoms with Crippen molar-refractivity contribution in [2.45, 2.75) is 46.1 Å². The zero-order chi connectivity index (χ0) is 21.2. The summed E-state index contributed by atoms with van der Waals surface area (Å²) < 4.78 is 0. The summed E-state index contributed by atoms with van der Waals surface area (Å²) in [6.45, 7) is 12.1. The number of amides is 3. The predicted octanol–water partition coefficient (Wildman–Crippen LogP) is 4.64. The first-order chi connectivity index (χ1) is 13.7. The zero-order valence-corrected chi connectivity index (χ0v) is 18.0. The lowest BCUT2D eigenvalue weighted by Crippen LogP contribution is -2.32. The molecule has 3 amide bonds. The number of rotatable bonds is 5. The molecule has 1 heterocycles. The largest absolute Gasteiger partial charge is 0.345 e. The Labute approximate surface area is 173 Å². The van der Waals surface area contributed by atoms with Gasteiger partial charge in [0.05, 0.1) is 6.04 Å². The van der Waals surface area contributed by atoms with E-state index in [1.54, 1.807) is 17.0 Å². The lowest BCUT2D eigenvalue weighted by atomic mass is 9.85. The van der Waals surface area contributed by atoms with Gasteiger partial charge in [0.15, 0.2) is 0 Å². The van der Waals surface area contributed by atoms with Crippen LogP contribution in [0.25, 0.3) is 0 Å². The van der Waals surface area contributed by atoms with Gasteiger partial charge in [0, 0.05) is 24.3 Å². The Hall–Kier alpha value is -2.82. The van der Waals surface area contributed by atoms with Crippen molar-refractivity contribution in [3.63, 3.8) is 0 Å². The van der Waals surface area contributed by atoms with Crippen LogP contribution < -0.4 is 15.5 Å². The van der Waals surface area contributed by atoms with Gasteiger partial charge in [-0.15, -0.1) is 0 Å². The second-order valence-electron chi connectivity index (χ2n) is 9.00. The normalized spacial score (nSPS) is 15.4. The number of benzene rings is 2. The Morgan fingerprint density at radius 1 is 1.03 bits per heavy atom. The Morgan fingerprint density at radius 3 is 2.14 bits per heavy atom. The van der Waals surface area contributed by atoms with Crippen molar-refractivity contribution in [3.05, 3.63) is 65.2 Å². The smallest absolute Gasteiger partial charge is 0.321 e. The molecule has 0 radical (unpaired) electrons. The van der Waals surface area contributed by atoms with Gasteiger partial charge in [0.1, 0.15) is 0 Å². The fourth-order valence-corrected chi connectivity index (χ4v) is 3.56. The SMILES string of the molecule is CC(C)C(NC(=O)c1ccc(N2CCNC2=O)cc1)c1ccc(C(C)(C)C)cc1. The van der Waals surface area contributed by atoms with Gasteiger partial charge in [-0.1, -0.05) is 58.9 Å². The maximum absolute atomic E-state index is 12.9. The molecular weight excluding hydrogens is 362 g/mol. The second-order valence-corrected chi connectivity index (χ2v) is 9.00. The number of carbonyl (C=O) groups is 2. The van der Waals surface area contributed by atoms with E-state index in [2.05, 4.69) is 69.5 Å². The van der Waals surface area contributed by atoms with Gasteiger partial charge in [0.2, 0.25) is 0 Å². The van der Waals surface area contributed by atoms with Gasteiger partial charge in [-0.05, 0) is 46.7 Å². The van der Waals surface area contributed by atoms with Crippen LogP contribution >= 0.6 is 0 Å². The fourth-order valence-electron chi connectivity index (χ4n) is 3.56. The van der Waals surface area contributed by atoms with E-state index in [1.165, 1.54) is 5.56 Å². The first-order valence-electron chi connectivity index (χ1n) is 10.2. The monoisotopic (exact) mass is 393 g/mol. The van der Waals surface area contributed by atoms with Crippen LogP contribution in [0.2, 0.25) is 0 Å². The molecule has 1 aliphatic heterocycles. The molecule has 0 aromatic heterocycles. The van der Waals surface area contributed by atoms with Crippen LogP contribution in [0, 0.1) is 5.92 Å². The van der Waals surface area contributed by atoms with Gasteiger partial charge in [-0.25, -0.2) is 4.79 Å². The van der Waals surface area contributed by atoms with Crippen molar-refractivity contribution in [2.24, 2.45) is 5.92 Å².